The van der Waals surface area contributed by atoms with Crippen molar-refractivity contribution in [2.75, 3.05) is 6.54 Å². The number of rotatable bonds is 3. The summed E-state index contributed by atoms with van der Waals surface area (Å²) in [7, 11) is 0. The summed E-state index contributed by atoms with van der Waals surface area (Å²) < 4.78 is 0. The molecular weight excluding hydrogens is 208 g/mol. The van der Waals surface area contributed by atoms with Crippen LogP contribution < -0.4 is 5.32 Å². The van der Waals surface area contributed by atoms with E-state index in [1.54, 1.807) is 6.92 Å². The van der Waals surface area contributed by atoms with Crippen molar-refractivity contribution in [2.45, 2.75) is 38.3 Å². The molecule has 2 amide bonds. The number of nitrogens with zero attached hydrogens (tertiary/aromatic N) is 1. The van der Waals surface area contributed by atoms with Crippen molar-refractivity contribution in [1.82, 2.24) is 10.2 Å². The van der Waals surface area contributed by atoms with Crippen molar-refractivity contribution in [2.24, 2.45) is 0 Å². The van der Waals surface area contributed by atoms with E-state index in [2.05, 4.69) is 11.2 Å². The van der Waals surface area contributed by atoms with E-state index < -0.39 is 12.0 Å². The summed E-state index contributed by atoms with van der Waals surface area (Å²) in [5.74, 6) is 1.50. The Kier molecular flexibility index (Phi) is 4.18. The van der Waals surface area contributed by atoms with Crippen LogP contribution in [0.5, 0.6) is 0 Å². The Bertz CT molecular complexity index is 322. The van der Waals surface area contributed by atoms with Crippen LogP contribution in [0.4, 0.5) is 4.79 Å². The van der Waals surface area contributed by atoms with Gasteiger partial charge in [0.25, 0.3) is 0 Å². The van der Waals surface area contributed by atoms with Crippen LogP contribution in [-0.2, 0) is 4.79 Å². The highest BCUT2D eigenvalue weighted by molar-refractivity contribution is 5.83. The number of terminal acetylenes is 1. The molecule has 1 heterocycles. The van der Waals surface area contributed by atoms with Crippen LogP contribution in [0.25, 0.3) is 0 Å². The van der Waals surface area contributed by atoms with Gasteiger partial charge in [-0.3, -0.25) is 0 Å². The number of urea groups is 1. The highest BCUT2D eigenvalue weighted by Crippen LogP contribution is 2.17. The topological polar surface area (TPSA) is 69.6 Å². The van der Waals surface area contributed by atoms with Crippen LogP contribution in [0.15, 0.2) is 0 Å². The van der Waals surface area contributed by atoms with Crippen molar-refractivity contribution >= 4 is 12.0 Å². The van der Waals surface area contributed by atoms with Gasteiger partial charge in [-0.25, -0.2) is 9.59 Å². The molecule has 0 spiro atoms. The minimum absolute atomic E-state index is 0.132. The van der Waals surface area contributed by atoms with Gasteiger partial charge >= 0.3 is 12.0 Å². The van der Waals surface area contributed by atoms with Gasteiger partial charge in [0.2, 0.25) is 0 Å². The zero-order chi connectivity index (χ0) is 12.1. The second-order valence-electron chi connectivity index (χ2n) is 3.95. The number of hydrogen-bond acceptors (Lipinski definition) is 2. The lowest BCUT2D eigenvalue weighted by Gasteiger charge is -2.23. The number of aliphatic carboxylic acids is 1. The van der Waals surface area contributed by atoms with Crippen LogP contribution in [0, 0.1) is 12.3 Å². The lowest BCUT2D eigenvalue weighted by Crippen LogP contribution is -2.48. The van der Waals surface area contributed by atoms with Gasteiger partial charge in [0.1, 0.15) is 6.04 Å². The number of hydrogen-bond donors (Lipinski definition) is 2. The number of carboxylic acids is 1. The Morgan fingerprint density at radius 3 is 2.94 bits per heavy atom. The Balaban J connectivity index is 2.53. The van der Waals surface area contributed by atoms with Crippen molar-refractivity contribution in [1.29, 1.82) is 0 Å². The molecule has 88 valence electrons. The molecule has 0 aromatic heterocycles. The average Bonchev–Trinajstić information content (AvgIpc) is 2.65. The first-order chi connectivity index (χ1) is 7.56. The summed E-state index contributed by atoms with van der Waals surface area (Å²) in [6, 6.07) is -1.17. The van der Waals surface area contributed by atoms with E-state index in [4.69, 9.17) is 11.5 Å². The van der Waals surface area contributed by atoms with E-state index in [0.29, 0.717) is 19.4 Å². The first-order valence-corrected chi connectivity index (χ1v) is 5.29. The van der Waals surface area contributed by atoms with E-state index in [9.17, 15) is 9.59 Å². The third-order valence-corrected chi connectivity index (χ3v) is 2.59. The molecule has 0 aromatic rings. The second kappa shape index (κ2) is 5.40. The number of likely N-dealkylation sites (tertiary alicyclic amines) is 1. The number of amides is 2. The molecule has 1 rings (SSSR count). The van der Waals surface area contributed by atoms with Crippen LogP contribution in [0.3, 0.4) is 0 Å². The highest BCUT2D eigenvalue weighted by Gasteiger charge is 2.34. The fraction of sp³-hybridized carbons (Fsp3) is 0.636. The van der Waals surface area contributed by atoms with E-state index in [1.165, 1.54) is 4.90 Å². The molecule has 1 aliphatic rings. The Morgan fingerprint density at radius 1 is 1.69 bits per heavy atom. The molecule has 1 fully saturated rings. The smallest absolute Gasteiger partial charge is 0.326 e. The molecule has 2 atom stereocenters. The fourth-order valence-corrected chi connectivity index (χ4v) is 1.79. The van der Waals surface area contributed by atoms with Gasteiger partial charge in [-0.05, 0) is 19.8 Å². The molecule has 2 unspecified atom stereocenters. The Morgan fingerprint density at radius 2 is 2.38 bits per heavy atom. The maximum Gasteiger partial charge on any atom is 0.326 e. The van der Waals surface area contributed by atoms with Crippen LogP contribution in [0.1, 0.15) is 26.2 Å². The molecule has 1 aliphatic heterocycles. The maximum absolute atomic E-state index is 11.7. The van der Waals surface area contributed by atoms with E-state index >= 15 is 0 Å². The summed E-state index contributed by atoms with van der Waals surface area (Å²) in [4.78, 5) is 24.0. The predicted octanol–water partition coefficient (Wildman–Crippen LogP) is 0.657. The average molecular weight is 224 g/mol. The largest absolute Gasteiger partial charge is 0.480 e. The van der Waals surface area contributed by atoms with E-state index in [0.717, 1.165) is 6.42 Å². The first-order valence-electron chi connectivity index (χ1n) is 5.29. The summed E-state index contributed by atoms with van der Waals surface area (Å²) >= 11 is 0. The fourth-order valence-electron chi connectivity index (χ4n) is 1.79. The summed E-state index contributed by atoms with van der Waals surface area (Å²) in [6.45, 7) is 2.29. The Labute approximate surface area is 94.8 Å². The predicted molar refractivity (Wildman–Crippen MR) is 58.8 cm³/mol. The molecular formula is C11H16N2O3. The zero-order valence-corrected chi connectivity index (χ0v) is 9.27. The van der Waals surface area contributed by atoms with Gasteiger partial charge in [0.05, 0.1) is 0 Å². The quantitative estimate of drug-likeness (QED) is 0.692. The standard InChI is InChI=1S/C11H16N2O3/c1-3-5-8(2)12-11(16)13-7-4-6-9(13)10(14)15/h1,8-9H,4-7H2,2H3,(H,12,16)(H,14,15). The van der Waals surface area contributed by atoms with E-state index in [-0.39, 0.29) is 12.1 Å². The number of carbonyl (C=O) groups excluding carboxylic acids is 1. The van der Waals surface area contributed by atoms with Crippen molar-refractivity contribution < 1.29 is 14.7 Å². The van der Waals surface area contributed by atoms with Gasteiger partial charge in [-0.15, -0.1) is 12.3 Å². The zero-order valence-electron chi connectivity index (χ0n) is 9.27. The molecule has 0 aromatic carbocycles. The lowest BCUT2D eigenvalue weighted by atomic mass is 10.2. The summed E-state index contributed by atoms with van der Waals surface area (Å²) in [6.07, 6.45) is 6.82. The van der Waals surface area contributed by atoms with Gasteiger partial charge in [-0.2, -0.15) is 0 Å². The second-order valence-corrected chi connectivity index (χ2v) is 3.95. The molecule has 1 saturated heterocycles. The van der Waals surface area contributed by atoms with Gasteiger partial charge in [0.15, 0.2) is 0 Å². The molecule has 2 N–H and O–H groups in total. The molecule has 0 bridgehead atoms. The van der Waals surface area contributed by atoms with Crippen LogP contribution >= 0.6 is 0 Å². The van der Waals surface area contributed by atoms with Crippen LogP contribution in [0.2, 0.25) is 0 Å². The monoisotopic (exact) mass is 224 g/mol. The van der Waals surface area contributed by atoms with Gasteiger partial charge in [0, 0.05) is 19.0 Å². The Hall–Kier alpha value is -1.70. The van der Waals surface area contributed by atoms with Crippen molar-refractivity contribution in [3.05, 3.63) is 0 Å². The SMILES string of the molecule is C#CCC(C)NC(=O)N1CCCC1C(=O)O. The molecule has 5 heteroatoms. The van der Waals surface area contributed by atoms with Crippen molar-refractivity contribution in [3.63, 3.8) is 0 Å². The lowest BCUT2D eigenvalue weighted by molar-refractivity contribution is -0.141. The van der Waals surface area contributed by atoms with Crippen LogP contribution in [-0.4, -0.2) is 40.6 Å². The molecule has 5 nitrogen and oxygen atoms in total. The summed E-state index contributed by atoms with van der Waals surface area (Å²) in [5, 5.41) is 11.6. The van der Waals surface area contributed by atoms with Gasteiger partial charge in [-0.1, -0.05) is 0 Å². The molecule has 0 radical (unpaired) electrons. The van der Waals surface area contributed by atoms with Gasteiger partial charge < -0.3 is 15.3 Å². The van der Waals surface area contributed by atoms with Crippen molar-refractivity contribution in [3.8, 4) is 12.3 Å². The minimum Gasteiger partial charge on any atom is -0.480 e. The molecule has 0 saturated carbocycles. The number of carboxylic acid groups (broad SMARTS) is 1. The number of nitrogens with one attached hydrogen (secondary N) is 1. The highest BCUT2D eigenvalue weighted by atomic mass is 16.4. The third-order valence-electron chi connectivity index (χ3n) is 2.59. The molecule has 0 aliphatic carbocycles. The van der Waals surface area contributed by atoms with E-state index in [1.807, 2.05) is 0 Å². The summed E-state index contributed by atoms with van der Waals surface area (Å²) in [5.41, 5.74) is 0. The third kappa shape index (κ3) is 2.89. The minimum atomic E-state index is -0.947. The normalized spacial score (nSPS) is 21.2. The number of carbonyl (C=O) groups is 2. The first kappa shape index (κ1) is 12.4. The maximum atomic E-state index is 11.7. The molecule has 16 heavy (non-hydrogen) atoms.